The Morgan fingerprint density at radius 3 is 3.22 bits per heavy atom. The summed E-state index contributed by atoms with van der Waals surface area (Å²) < 4.78 is 6.19. The number of ether oxygens (including phenoxy) is 1. The Morgan fingerprint density at radius 1 is 1.44 bits per heavy atom. The summed E-state index contributed by atoms with van der Waals surface area (Å²) in [5.41, 5.74) is 1.12. The van der Waals surface area contributed by atoms with Gasteiger partial charge < -0.3 is 10.1 Å². The highest BCUT2D eigenvalue weighted by atomic mass is 32.1. The first-order valence-electron chi connectivity index (χ1n) is 7.13. The SMILES string of the molecule is CCc1nc(COC2C3CC4CNC2C4C3)cs1. The first-order chi connectivity index (χ1) is 8.85. The van der Waals surface area contributed by atoms with E-state index in [9.17, 15) is 0 Å². The summed E-state index contributed by atoms with van der Waals surface area (Å²) in [4.78, 5) is 4.59. The lowest BCUT2D eigenvalue weighted by Gasteiger charge is -2.27. The first-order valence-corrected chi connectivity index (χ1v) is 8.01. The van der Waals surface area contributed by atoms with Gasteiger partial charge in [-0.25, -0.2) is 4.98 Å². The van der Waals surface area contributed by atoms with E-state index in [1.54, 1.807) is 11.3 Å². The van der Waals surface area contributed by atoms with Gasteiger partial charge in [-0.15, -0.1) is 11.3 Å². The van der Waals surface area contributed by atoms with E-state index >= 15 is 0 Å². The molecule has 3 fully saturated rings. The van der Waals surface area contributed by atoms with Gasteiger partial charge in [0.05, 0.1) is 23.4 Å². The van der Waals surface area contributed by atoms with E-state index in [1.165, 1.54) is 24.4 Å². The lowest BCUT2D eigenvalue weighted by atomic mass is 9.88. The van der Waals surface area contributed by atoms with Crippen LogP contribution in [-0.2, 0) is 17.8 Å². The number of hydrogen-bond donors (Lipinski definition) is 1. The molecule has 1 saturated heterocycles. The average Bonchev–Trinajstić information content (AvgIpc) is 3.07. The van der Waals surface area contributed by atoms with Crippen LogP contribution in [0, 0.1) is 17.8 Å². The van der Waals surface area contributed by atoms with Crippen molar-refractivity contribution in [2.75, 3.05) is 6.54 Å². The Hall–Kier alpha value is -0.450. The standard InChI is InChI=1S/C14H20N2OS/c1-2-12-16-10(7-18-12)6-17-14-8-3-9-5-15-13(14)11(9)4-8/h7-9,11,13-15H,2-6H2,1H3. The maximum atomic E-state index is 6.19. The van der Waals surface area contributed by atoms with Crippen LogP contribution < -0.4 is 5.32 Å². The molecular weight excluding hydrogens is 244 g/mol. The van der Waals surface area contributed by atoms with Crippen molar-refractivity contribution in [3.8, 4) is 0 Å². The number of thiazole rings is 1. The van der Waals surface area contributed by atoms with Crippen molar-refractivity contribution in [2.45, 2.75) is 44.9 Å². The van der Waals surface area contributed by atoms with Gasteiger partial charge in [0.1, 0.15) is 0 Å². The molecule has 0 radical (unpaired) electrons. The lowest BCUT2D eigenvalue weighted by molar-refractivity contribution is -0.00946. The third-order valence-corrected chi connectivity index (χ3v) is 6.05. The summed E-state index contributed by atoms with van der Waals surface area (Å²) in [5, 5.41) is 7.04. The van der Waals surface area contributed by atoms with Crippen molar-refractivity contribution in [3.63, 3.8) is 0 Å². The summed E-state index contributed by atoms with van der Waals surface area (Å²) in [6.45, 7) is 4.08. The summed E-state index contributed by atoms with van der Waals surface area (Å²) in [6, 6.07) is 0.637. The van der Waals surface area contributed by atoms with Gasteiger partial charge in [0.25, 0.3) is 0 Å². The van der Waals surface area contributed by atoms with Crippen molar-refractivity contribution in [1.29, 1.82) is 0 Å². The van der Waals surface area contributed by atoms with Crippen LogP contribution in [0.5, 0.6) is 0 Å². The van der Waals surface area contributed by atoms with Gasteiger partial charge in [-0.3, -0.25) is 0 Å². The van der Waals surface area contributed by atoms with Gasteiger partial charge in [-0.1, -0.05) is 6.92 Å². The van der Waals surface area contributed by atoms with Crippen LogP contribution in [0.3, 0.4) is 0 Å². The molecule has 2 saturated carbocycles. The minimum atomic E-state index is 0.445. The highest BCUT2D eigenvalue weighted by Crippen LogP contribution is 2.52. The monoisotopic (exact) mass is 264 g/mol. The van der Waals surface area contributed by atoms with E-state index in [0.717, 1.165) is 29.9 Å². The quantitative estimate of drug-likeness (QED) is 0.905. The van der Waals surface area contributed by atoms with E-state index in [4.69, 9.17) is 4.74 Å². The number of aryl methyl sites for hydroxylation is 1. The Bertz CT molecular complexity index is 445. The molecule has 2 aliphatic carbocycles. The molecule has 1 aromatic heterocycles. The second-order valence-corrected chi connectivity index (χ2v) is 6.89. The zero-order chi connectivity index (χ0) is 12.1. The van der Waals surface area contributed by atoms with Gasteiger partial charge in [0, 0.05) is 11.4 Å². The fraction of sp³-hybridized carbons (Fsp3) is 0.786. The van der Waals surface area contributed by atoms with E-state index in [2.05, 4.69) is 22.6 Å². The van der Waals surface area contributed by atoms with Gasteiger partial charge in [-0.2, -0.15) is 0 Å². The fourth-order valence-electron chi connectivity index (χ4n) is 4.24. The van der Waals surface area contributed by atoms with Crippen molar-refractivity contribution in [1.82, 2.24) is 10.3 Å². The van der Waals surface area contributed by atoms with Crippen molar-refractivity contribution < 1.29 is 4.74 Å². The molecule has 5 unspecified atom stereocenters. The van der Waals surface area contributed by atoms with Crippen LogP contribution in [0.4, 0.5) is 0 Å². The molecule has 1 aliphatic heterocycles. The molecule has 4 heteroatoms. The van der Waals surface area contributed by atoms with Crippen LogP contribution in [0.1, 0.15) is 30.5 Å². The molecular formula is C14H20N2OS. The molecule has 3 aliphatic rings. The van der Waals surface area contributed by atoms with E-state index in [-0.39, 0.29) is 0 Å². The Kier molecular flexibility index (Phi) is 2.71. The maximum Gasteiger partial charge on any atom is 0.0926 e. The van der Waals surface area contributed by atoms with Crippen LogP contribution in [0.2, 0.25) is 0 Å². The van der Waals surface area contributed by atoms with Crippen LogP contribution >= 0.6 is 11.3 Å². The Balaban J connectivity index is 1.41. The highest BCUT2D eigenvalue weighted by Gasteiger charge is 2.56. The van der Waals surface area contributed by atoms with Gasteiger partial charge in [-0.05, 0) is 43.6 Å². The Morgan fingerprint density at radius 2 is 2.39 bits per heavy atom. The largest absolute Gasteiger partial charge is 0.370 e. The predicted octanol–water partition coefficient (Wildman–Crippen LogP) is 2.22. The molecule has 2 heterocycles. The maximum absolute atomic E-state index is 6.19. The molecule has 0 spiro atoms. The van der Waals surface area contributed by atoms with Crippen LogP contribution in [-0.4, -0.2) is 23.7 Å². The number of nitrogens with zero attached hydrogens (tertiary/aromatic N) is 1. The second kappa shape index (κ2) is 4.29. The normalized spacial score (nSPS) is 40.8. The molecule has 5 atom stereocenters. The number of rotatable bonds is 4. The van der Waals surface area contributed by atoms with Gasteiger partial charge >= 0.3 is 0 Å². The molecule has 1 N–H and O–H groups in total. The number of nitrogens with one attached hydrogen (secondary N) is 1. The lowest BCUT2D eigenvalue weighted by Crippen LogP contribution is -2.39. The fourth-order valence-corrected chi connectivity index (χ4v) is 4.96. The summed E-state index contributed by atoms with van der Waals surface area (Å²) in [5.74, 6) is 2.66. The first kappa shape index (κ1) is 11.4. The molecule has 98 valence electrons. The minimum absolute atomic E-state index is 0.445. The molecule has 18 heavy (non-hydrogen) atoms. The molecule has 3 nitrogen and oxygen atoms in total. The molecule has 0 aromatic carbocycles. The average molecular weight is 264 g/mol. The molecule has 0 amide bonds. The zero-order valence-corrected chi connectivity index (χ0v) is 11.6. The molecule has 4 rings (SSSR count). The summed E-state index contributed by atoms with van der Waals surface area (Å²) >= 11 is 1.76. The third-order valence-electron chi connectivity index (χ3n) is 5.01. The zero-order valence-electron chi connectivity index (χ0n) is 10.8. The molecule has 1 aromatic rings. The van der Waals surface area contributed by atoms with Crippen LogP contribution in [0.15, 0.2) is 5.38 Å². The number of hydrogen-bond acceptors (Lipinski definition) is 4. The predicted molar refractivity (Wildman–Crippen MR) is 71.6 cm³/mol. The van der Waals surface area contributed by atoms with Crippen molar-refractivity contribution in [2.24, 2.45) is 17.8 Å². The highest BCUT2D eigenvalue weighted by molar-refractivity contribution is 7.09. The number of fused-ring (bicyclic) bond motifs is 1. The third kappa shape index (κ3) is 1.66. The van der Waals surface area contributed by atoms with E-state index in [0.29, 0.717) is 18.8 Å². The summed E-state index contributed by atoms with van der Waals surface area (Å²) in [7, 11) is 0. The Labute approximate surface area is 112 Å². The van der Waals surface area contributed by atoms with E-state index < -0.39 is 0 Å². The van der Waals surface area contributed by atoms with Gasteiger partial charge in [0.2, 0.25) is 0 Å². The van der Waals surface area contributed by atoms with Crippen molar-refractivity contribution in [3.05, 3.63) is 16.1 Å². The number of aromatic nitrogens is 1. The van der Waals surface area contributed by atoms with Crippen LogP contribution in [0.25, 0.3) is 0 Å². The van der Waals surface area contributed by atoms with Crippen molar-refractivity contribution >= 4 is 11.3 Å². The van der Waals surface area contributed by atoms with E-state index in [1.807, 2.05) is 0 Å². The smallest absolute Gasteiger partial charge is 0.0926 e. The van der Waals surface area contributed by atoms with Gasteiger partial charge in [0.15, 0.2) is 0 Å². The molecule has 2 bridgehead atoms. The minimum Gasteiger partial charge on any atom is -0.370 e. The second-order valence-electron chi connectivity index (χ2n) is 5.95. The summed E-state index contributed by atoms with van der Waals surface area (Å²) in [6.07, 6.45) is 4.26. The topological polar surface area (TPSA) is 34.1 Å².